The maximum Gasteiger partial charge on any atom is 0.266 e. The minimum Gasteiger partial charge on any atom is -0.282 e. The first-order valence-electron chi connectivity index (χ1n) is 10.0. The molecule has 0 radical (unpaired) electrons. The van der Waals surface area contributed by atoms with Gasteiger partial charge in [-0.2, -0.15) is 0 Å². The van der Waals surface area contributed by atoms with Crippen LogP contribution >= 0.6 is 11.8 Å². The lowest BCUT2D eigenvalue weighted by Gasteiger charge is -2.25. The summed E-state index contributed by atoms with van der Waals surface area (Å²) < 4.78 is 0. The number of rotatable bonds is 5. The molecular formula is C24H27NO3S. The first kappa shape index (κ1) is 21.3. The maximum absolute atomic E-state index is 13.6. The Labute approximate surface area is 176 Å². The molecule has 0 spiro atoms. The molecular weight excluding hydrogens is 382 g/mol. The summed E-state index contributed by atoms with van der Waals surface area (Å²) in [4.78, 5) is 41.0. The lowest BCUT2D eigenvalue weighted by molar-refractivity contribution is 0.0922. The lowest BCUT2D eigenvalue weighted by atomic mass is 9.92. The molecule has 1 aliphatic rings. The number of para-hydroxylation sites is 1. The standard InChI is InChI=1S/C24H27NO3S/c1-7-29-24(28)19-15(6)11-12-18-20(19)23(27)25(22(18)26)21-16(13(2)3)9-8-10-17(21)14(4)5/h8-14H,7H2,1-6H3. The Bertz CT molecular complexity index is 981. The van der Waals surface area contributed by atoms with Crippen molar-refractivity contribution in [3.63, 3.8) is 0 Å². The Morgan fingerprint density at radius 2 is 1.55 bits per heavy atom. The quantitative estimate of drug-likeness (QED) is 0.574. The van der Waals surface area contributed by atoms with Gasteiger partial charge in [-0.15, -0.1) is 0 Å². The normalized spacial score (nSPS) is 13.6. The molecule has 5 heteroatoms. The van der Waals surface area contributed by atoms with Crippen LogP contribution in [-0.4, -0.2) is 22.7 Å². The highest BCUT2D eigenvalue weighted by atomic mass is 32.2. The lowest BCUT2D eigenvalue weighted by Crippen LogP contribution is -2.32. The Morgan fingerprint density at radius 3 is 2.07 bits per heavy atom. The molecule has 0 aromatic heterocycles. The second kappa shape index (κ2) is 8.15. The number of imide groups is 1. The molecule has 0 aliphatic carbocycles. The number of fused-ring (bicyclic) bond motifs is 1. The molecule has 2 aromatic rings. The van der Waals surface area contributed by atoms with E-state index < -0.39 is 5.91 Å². The van der Waals surface area contributed by atoms with Crippen LogP contribution < -0.4 is 4.90 Å². The van der Waals surface area contributed by atoms with Gasteiger partial charge in [0.2, 0.25) is 5.12 Å². The molecule has 1 heterocycles. The number of hydrogen-bond donors (Lipinski definition) is 0. The van der Waals surface area contributed by atoms with E-state index in [-0.39, 0.29) is 28.4 Å². The molecule has 152 valence electrons. The second-order valence-electron chi connectivity index (χ2n) is 7.94. The third-order valence-corrected chi connectivity index (χ3v) is 6.06. The topological polar surface area (TPSA) is 54.5 Å². The summed E-state index contributed by atoms with van der Waals surface area (Å²) >= 11 is 1.16. The monoisotopic (exact) mass is 409 g/mol. The van der Waals surface area contributed by atoms with Crippen LogP contribution in [0, 0.1) is 6.92 Å². The minimum absolute atomic E-state index is 0.145. The van der Waals surface area contributed by atoms with Crippen molar-refractivity contribution in [3.05, 3.63) is 63.7 Å². The highest BCUT2D eigenvalue weighted by molar-refractivity contribution is 8.14. The predicted molar refractivity (Wildman–Crippen MR) is 119 cm³/mol. The van der Waals surface area contributed by atoms with E-state index in [2.05, 4.69) is 27.7 Å². The molecule has 0 bridgehead atoms. The van der Waals surface area contributed by atoms with Crippen molar-refractivity contribution in [2.45, 2.75) is 53.4 Å². The van der Waals surface area contributed by atoms with Crippen LogP contribution in [0.1, 0.15) is 94.2 Å². The SMILES string of the molecule is CCSC(=O)c1c(C)ccc2c1C(=O)N(c1c(C(C)C)cccc1C(C)C)C2=O. The summed E-state index contributed by atoms with van der Waals surface area (Å²) in [5.74, 6) is 0.152. The van der Waals surface area contributed by atoms with Gasteiger partial charge in [-0.25, -0.2) is 4.90 Å². The molecule has 1 aliphatic heterocycles. The van der Waals surface area contributed by atoms with Gasteiger partial charge in [0, 0.05) is 5.56 Å². The second-order valence-corrected chi connectivity index (χ2v) is 9.18. The minimum atomic E-state index is -0.399. The van der Waals surface area contributed by atoms with E-state index >= 15 is 0 Å². The van der Waals surface area contributed by atoms with Crippen LogP contribution in [0.3, 0.4) is 0 Å². The van der Waals surface area contributed by atoms with Gasteiger partial charge in [0.25, 0.3) is 11.8 Å². The van der Waals surface area contributed by atoms with Crippen LogP contribution in [0.2, 0.25) is 0 Å². The Kier molecular flexibility index (Phi) is 5.99. The van der Waals surface area contributed by atoms with Crippen molar-refractivity contribution in [1.29, 1.82) is 0 Å². The number of hydrogen-bond acceptors (Lipinski definition) is 4. The van der Waals surface area contributed by atoms with E-state index in [1.54, 1.807) is 12.1 Å². The van der Waals surface area contributed by atoms with Crippen molar-refractivity contribution in [2.75, 3.05) is 10.7 Å². The summed E-state index contributed by atoms with van der Waals surface area (Å²) in [5, 5.41) is -0.161. The van der Waals surface area contributed by atoms with Crippen molar-refractivity contribution in [3.8, 4) is 0 Å². The number of carbonyl (C=O) groups excluding carboxylic acids is 3. The summed E-state index contributed by atoms with van der Waals surface area (Å²) in [6.45, 7) is 11.9. The first-order valence-corrected chi connectivity index (χ1v) is 11.0. The van der Waals surface area contributed by atoms with Gasteiger partial charge in [0.05, 0.1) is 16.8 Å². The van der Waals surface area contributed by atoms with Crippen molar-refractivity contribution in [1.82, 2.24) is 0 Å². The van der Waals surface area contributed by atoms with Gasteiger partial charge in [-0.3, -0.25) is 14.4 Å². The smallest absolute Gasteiger partial charge is 0.266 e. The van der Waals surface area contributed by atoms with Gasteiger partial charge in [-0.1, -0.05) is 70.6 Å². The molecule has 0 unspecified atom stereocenters. The molecule has 4 nitrogen and oxygen atoms in total. The molecule has 0 saturated heterocycles. The fraction of sp³-hybridized carbons (Fsp3) is 0.375. The molecule has 29 heavy (non-hydrogen) atoms. The van der Waals surface area contributed by atoms with Gasteiger partial charge in [0.15, 0.2) is 0 Å². The van der Waals surface area contributed by atoms with Crippen LogP contribution in [0.4, 0.5) is 5.69 Å². The van der Waals surface area contributed by atoms with Gasteiger partial charge in [0.1, 0.15) is 0 Å². The van der Waals surface area contributed by atoms with Crippen LogP contribution in [0.5, 0.6) is 0 Å². The van der Waals surface area contributed by atoms with Gasteiger partial charge >= 0.3 is 0 Å². The Morgan fingerprint density at radius 1 is 0.966 bits per heavy atom. The summed E-state index contributed by atoms with van der Waals surface area (Å²) in [6, 6.07) is 9.35. The fourth-order valence-electron chi connectivity index (χ4n) is 3.87. The predicted octanol–water partition coefficient (Wildman–Crippen LogP) is 5.94. The first-order chi connectivity index (χ1) is 13.7. The third kappa shape index (κ3) is 3.52. The number of carbonyl (C=O) groups is 3. The molecule has 0 saturated carbocycles. The summed E-state index contributed by atoms with van der Waals surface area (Å²) in [6.07, 6.45) is 0. The third-order valence-electron chi connectivity index (χ3n) is 5.31. The molecule has 2 aromatic carbocycles. The van der Waals surface area contributed by atoms with Crippen molar-refractivity contribution >= 4 is 34.4 Å². The van der Waals surface area contributed by atoms with E-state index in [9.17, 15) is 14.4 Å². The molecule has 2 amide bonds. The zero-order valence-electron chi connectivity index (χ0n) is 17.8. The highest BCUT2D eigenvalue weighted by Crippen LogP contribution is 2.41. The van der Waals surface area contributed by atoms with E-state index in [1.165, 1.54) is 4.90 Å². The Hall–Kier alpha value is -2.40. The number of thioether (sulfide) groups is 1. The largest absolute Gasteiger partial charge is 0.282 e. The fourth-order valence-corrected chi connectivity index (χ4v) is 4.54. The molecule has 0 N–H and O–H groups in total. The van der Waals surface area contributed by atoms with Crippen molar-refractivity contribution in [2.24, 2.45) is 0 Å². The molecule has 3 rings (SSSR count). The van der Waals surface area contributed by atoms with Gasteiger partial charge < -0.3 is 0 Å². The number of amides is 2. The maximum atomic E-state index is 13.6. The van der Waals surface area contributed by atoms with E-state index in [1.807, 2.05) is 32.0 Å². The number of aryl methyl sites for hydroxylation is 1. The zero-order chi connectivity index (χ0) is 21.5. The van der Waals surface area contributed by atoms with Gasteiger partial charge in [-0.05, 0) is 47.3 Å². The van der Waals surface area contributed by atoms with Crippen molar-refractivity contribution < 1.29 is 14.4 Å². The Balaban J connectivity index is 2.26. The van der Waals surface area contributed by atoms with Crippen LogP contribution in [0.15, 0.2) is 30.3 Å². The number of nitrogens with zero attached hydrogens (tertiary/aromatic N) is 1. The molecule has 0 fully saturated rings. The average Bonchev–Trinajstić information content (AvgIpc) is 2.91. The van der Waals surface area contributed by atoms with Crippen LogP contribution in [-0.2, 0) is 0 Å². The van der Waals surface area contributed by atoms with E-state index in [4.69, 9.17) is 0 Å². The van der Waals surface area contributed by atoms with E-state index in [0.29, 0.717) is 22.6 Å². The average molecular weight is 410 g/mol. The summed E-state index contributed by atoms with van der Waals surface area (Å²) in [5.41, 5.74) is 4.23. The zero-order valence-corrected chi connectivity index (χ0v) is 18.6. The highest BCUT2D eigenvalue weighted by Gasteiger charge is 2.42. The number of benzene rings is 2. The summed E-state index contributed by atoms with van der Waals surface area (Å²) in [7, 11) is 0. The van der Waals surface area contributed by atoms with Crippen LogP contribution in [0.25, 0.3) is 0 Å². The molecule has 0 atom stereocenters. The van der Waals surface area contributed by atoms with E-state index in [0.717, 1.165) is 28.5 Å². The number of anilines is 1.